The zero-order valence-corrected chi connectivity index (χ0v) is 12.3. The molecule has 0 amide bonds. The molecule has 3 atom stereocenters. The second-order valence-electron chi connectivity index (χ2n) is 5.93. The maximum atomic E-state index is 10.5. The smallest absolute Gasteiger partial charge is 0.0609 e. The van der Waals surface area contributed by atoms with Crippen LogP contribution in [-0.4, -0.2) is 23.9 Å². The van der Waals surface area contributed by atoms with E-state index < -0.39 is 0 Å². The van der Waals surface area contributed by atoms with E-state index in [0.29, 0.717) is 12.0 Å². The Morgan fingerprint density at radius 3 is 3.16 bits per heavy atom. The largest absolute Gasteiger partial charge is 0.392 e. The van der Waals surface area contributed by atoms with Crippen LogP contribution < -0.4 is 0 Å². The van der Waals surface area contributed by atoms with Crippen LogP contribution in [0.5, 0.6) is 0 Å². The Bertz CT molecular complexity index is 395. The first-order chi connectivity index (χ1) is 9.34. The van der Waals surface area contributed by atoms with Crippen molar-refractivity contribution in [3.8, 4) is 0 Å². The molecule has 2 aliphatic rings. The van der Waals surface area contributed by atoms with Crippen molar-refractivity contribution in [2.24, 2.45) is 0 Å². The van der Waals surface area contributed by atoms with Crippen molar-refractivity contribution in [3.05, 3.63) is 21.9 Å². The van der Waals surface area contributed by atoms with E-state index in [1.807, 2.05) is 11.3 Å². The molecule has 2 heterocycles. The second-order valence-corrected chi connectivity index (χ2v) is 6.93. The zero-order chi connectivity index (χ0) is 13.1. The average molecular weight is 280 g/mol. The first-order valence-corrected chi connectivity index (χ1v) is 8.58. The Labute approximate surface area is 119 Å². The third-order valence-electron chi connectivity index (χ3n) is 4.61. The highest BCUT2D eigenvalue weighted by Gasteiger charge is 2.27. The molecule has 1 aromatic heterocycles. The summed E-state index contributed by atoms with van der Waals surface area (Å²) in [4.78, 5) is 1.51. The van der Waals surface area contributed by atoms with E-state index in [9.17, 15) is 5.11 Å². The summed E-state index contributed by atoms with van der Waals surface area (Å²) in [5.41, 5.74) is 1.43. The van der Waals surface area contributed by atoms with Crippen molar-refractivity contribution in [2.45, 2.75) is 69.5 Å². The van der Waals surface area contributed by atoms with E-state index in [1.165, 1.54) is 36.1 Å². The van der Waals surface area contributed by atoms with Crippen LogP contribution in [0.15, 0.2) is 11.4 Å². The summed E-state index contributed by atoms with van der Waals surface area (Å²) in [5, 5.41) is 12.7. The fourth-order valence-electron chi connectivity index (χ4n) is 3.55. The van der Waals surface area contributed by atoms with Gasteiger partial charge in [-0.05, 0) is 68.4 Å². The average Bonchev–Trinajstić information content (AvgIpc) is 3.08. The van der Waals surface area contributed by atoms with Crippen LogP contribution in [0.2, 0.25) is 0 Å². The lowest BCUT2D eigenvalue weighted by molar-refractivity contribution is 0.0876. The summed E-state index contributed by atoms with van der Waals surface area (Å²) in [6, 6.07) is 2.23. The number of aliphatic hydroxyl groups excluding tert-OH is 1. The number of thiophene rings is 1. The molecule has 1 aromatic rings. The van der Waals surface area contributed by atoms with E-state index in [2.05, 4.69) is 11.4 Å². The molecule has 3 rings (SSSR count). The van der Waals surface area contributed by atoms with Gasteiger partial charge in [0, 0.05) is 17.4 Å². The molecular formula is C16H24O2S. The monoisotopic (exact) mass is 280 g/mol. The number of aliphatic hydroxyl groups is 1. The summed E-state index contributed by atoms with van der Waals surface area (Å²) in [6.45, 7) is 0.939. The second kappa shape index (κ2) is 6.38. The van der Waals surface area contributed by atoms with Gasteiger partial charge in [-0.1, -0.05) is 0 Å². The van der Waals surface area contributed by atoms with Crippen molar-refractivity contribution < 1.29 is 9.84 Å². The summed E-state index contributed by atoms with van der Waals surface area (Å²) < 4.78 is 5.64. The zero-order valence-electron chi connectivity index (χ0n) is 11.5. The first-order valence-electron chi connectivity index (χ1n) is 7.70. The van der Waals surface area contributed by atoms with Crippen LogP contribution in [0.3, 0.4) is 0 Å². The molecule has 0 aromatic carbocycles. The Morgan fingerprint density at radius 2 is 2.32 bits per heavy atom. The quantitative estimate of drug-likeness (QED) is 0.887. The van der Waals surface area contributed by atoms with Gasteiger partial charge in [-0.25, -0.2) is 0 Å². The maximum absolute atomic E-state index is 10.5. The SMILES string of the molecule is OC(CCCC1CCCO1)C1CCCc2sccc21. The Morgan fingerprint density at radius 1 is 1.37 bits per heavy atom. The van der Waals surface area contributed by atoms with Crippen LogP contribution >= 0.6 is 11.3 Å². The minimum atomic E-state index is -0.157. The minimum absolute atomic E-state index is 0.157. The molecule has 106 valence electrons. The van der Waals surface area contributed by atoms with E-state index >= 15 is 0 Å². The number of ether oxygens (including phenoxy) is 1. The van der Waals surface area contributed by atoms with E-state index in [1.54, 1.807) is 0 Å². The van der Waals surface area contributed by atoms with Gasteiger partial charge in [0.05, 0.1) is 12.2 Å². The van der Waals surface area contributed by atoms with Gasteiger partial charge >= 0.3 is 0 Å². The van der Waals surface area contributed by atoms with Crippen molar-refractivity contribution in [1.82, 2.24) is 0 Å². The normalized spacial score (nSPS) is 28.3. The van der Waals surface area contributed by atoms with Crippen LogP contribution in [0.4, 0.5) is 0 Å². The Kier molecular flexibility index (Phi) is 4.57. The topological polar surface area (TPSA) is 29.5 Å². The van der Waals surface area contributed by atoms with E-state index in [0.717, 1.165) is 32.3 Å². The molecule has 19 heavy (non-hydrogen) atoms. The van der Waals surface area contributed by atoms with Gasteiger partial charge in [-0.3, -0.25) is 0 Å². The van der Waals surface area contributed by atoms with Crippen molar-refractivity contribution in [3.63, 3.8) is 0 Å². The first kappa shape index (κ1) is 13.6. The van der Waals surface area contributed by atoms with Crippen LogP contribution in [-0.2, 0) is 11.2 Å². The molecular weight excluding hydrogens is 256 g/mol. The lowest BCUT2D eigenvalue weighted by Crippen LogP contribution is -2.22. The molecule has 3 heteroatoms. The van der Waals surface area contributed by atoms with Crippen molar-refractivity contribution >= 4 is 11.3 Å². The lowest BCUT2D eigenvalue weighted by atomic mass is 9.82. The van der Waals surface area contributed by atoms with Crippen LogP contribution in [0, 0.1) is 0 Å². The van der Waals surface area contributed by atoms with Crippen molar-refractivity contribution in [1.29, 1.82) is 0 Å². The maximum Gasteiger partial charge on any atom is 0.0609 e. The van der Waals surface area contributed by atoms with E-state index in [4.69, 9.17) is 4.74 Å². The summed E-state index contributed by atoms with van der Waals surface area (Å²) in [5.74, 6) is 0.388. The van der Waals surface area contributed by atoms with Gasteiger partial charge in [0.15, 0.2) is 0 Å². The molecule has 1 aliphatic carbocycles. The molecule has 1 saturated heterocycles. The minimum Gasteiger partial charge on any atom is -0.392 e. The van der Waals surface area contributed by atoms with E-state index in [-0.39, 0.29) is 6.10 Å². The highest BCUT2D eigenvalue weighted by Crippen LogP contribution is 2.38. The highest BCUT2D eigenvalue weighted by molar-refractivity contribution is 7.10. The summed E-state index contributed by atoms with van der Waals surface area (Å²) in [6.07, 6.45) is 9.51. The number of aryl methyl sites for hydroxylation is 1. The fourth-order valence-corrected chi connectivity index (χ4v) is 4.55. The van der Waals surface area contributed by atoms with Crippen molar-refractivity contribution in [2.75, 3.05) is 6.61 Å². The number of hydrogen-bond donors (Lipinski definition) is 1. The Balaban J connectivity index is 1.49. The molecule has 3 unspecified atom stereocenters. The van der Waals surface area contributed by atoms with Gasteiger partial charge in [-0.15, -0.1) is 11.3 Å². The predicted octanol–water partition coefficient (Wildman–Crippen LogP) is 3.88. The molecule has 0 bridgehead atoms. The third kappa shape index (κ3) is 3.21. The molecule has 0 spiro atoms. The molecule has 1 aliphatic heterocycles. The van der Waals surface area contributed by atoms with Crippen LogP contribution in [0.1, 0.15) is 61.3 Å². The summed E-state index contributed by atoms with van der Waals surface area (Å²) >= 11 is 1.86. The molecule has 2 nitrogen and oxygen atoms in total. The predicted molar refractivity (Wildman–Crippen MR) is 78.8 cm³/mol. The van der Waals surface area contributed by atoms with Gasteiger partial charge in [0.1, 0.15) is 0 Å². The highest BCUT2D eigenvalue weighted by atomic mass is 32.1. The fraction of sp³-hybridized carbons (Fsp3) is 0.750. The number of fused-ring (bicyclic) bond motifs is 1. The van der Waals surface area contributed by atoms with Gasteiger partial charge in [0.2, 0.25) is 0 Å². The molecule has 1 fully saturated rings. The standard InChI is InChI=1S/C16H24O2S/c17-15(7-1-4-12-5-3-10-18-12)13-6-2-8-16-14(13)9-11-19-16/h9,11-13,15,17H,1-8,10H2. The number of hydrogen-bond acceptors (Lipinski definition) is 3. The molecule has 0 radical (unpaired) electrons. The van der Waals surface area contributed by atoms with Crippen LogP contribution in [0.25, 0.3) is 0 Å². The third-order valence-corrected chi connectivity index (χ3v) is 5.61. The van der Waals surface area contributed by atoms with Gasteiger partial charge in [-0.2, -0.15) is 0 Å². The molecule has 0 saturated carbocycles. The number of rotatable bonds is 5. The molecule has 1 N–H and O–H groups in total. The lowest BCUT2D eigenvalue weighted by Gasteiger charge is -2.27. The van der Waals surface area contributed by atoms with Gasteiger partial charge < -0.3 is 9.84 Å². The van der Waals surface area contributed by atoms with Gasteiger partial charge in [0.25, 0.3) is 0 Å². The Hall–Kier alpha value is -0.380. The summed E-state index contributed by atoms with van der Waals surface area (Å²) in [7, 11) is 0.